The molecule has 1 saturated carbocycles. The Hall–Kier alpha value is -2.04. The van der Waals surface area contributed by atoms with Gasteiger partial charge >= 0.3 is 0 Å². The van der Waals surface area contributed by atoms with Gasteiger partial charge in [-0.25, -0.2) is 0 Å². The second kappa shape index (κ2) is 8.41. The summed E-state index contributed by atoms with van der Waals surface area (Å²) >= 11 is 0. The highest BCUT2D eigenvalue weighted by Gasteiger charge is 2.15. The van der Waals surface area contributed by atoms with E-state index in [1.54, 1.807) is 24.3 Å². The van der Waals surface area contributed by atoms with E-state index < -0.39 is 5.91 Å². The van der Waals surface area contributed by atoms with Crippen LogP contribution in [0.1, 0.15) is 55.3 Å². The minimum atomic E-state index is -0.538. The molecular weight excluding hydrogens is 280 g/mol. The molecule has 3 N–H and O–H groups in total. The Bertz CT molecular complexity index is 508. The molecule has 2 rings (SSSR count). The number of rotatable bonds is 5. The average Bonchev–Trinajstić information content (AvgIpc) is 2.48. The number of ether oxygens (including phenoxy) is 1. The van der Waals surface area contributed by atoms with Crippen molar-refractivity contribution >= 4 is 11.8 Å². The van der Waals surface area contributed by atoms with Crippen LogP contribution >= 0.6 is 0 Å². The minimum absolute atomic E-state index is 0.0879. The topological polar surface area (TPSA) is 81.4 Å². The normalized spacial score (nSPS) is 16.4. The fraction of sp³-hybridized carbons (Fsp3) is 0.529. The van der Waals surface area contributed by atoms with E-state index in [0.717, 1.165) is 12.8 Å². The quantitative estimate of drug-likeness (QED) is 0.876. The summed E-state index contributed by atoms with van der Waals surface area (Å²) in [6.45, 7) is -0.187. The zero-order valence-electron chi connectivity index (χ0n) is 12.8. The van der Waals surface area contributed by atoms with Crippen LogP contribution in [0.15, 0.2) is 24.3 Å². The molecule has 0 atom stereocenters. The minimum Gasteiger partial charge on any atom is -0.484 e. The largest absolute Gasteiger partial charge is 0.484 e. The molecule has 5 nitrogen and oxygen atoms in total. The Morgan fingerprint density at radius 3 is 2.50 bits per heavy atom. The van der Waals surface area contributed by atoms with E-state index >= 15 is 0 Å². The maximum atomic E-state index is 12.3. The molecule has 0 spiro atoms. The number of nitrogens with two attached hydrogens (primary N) is 1. The number of hydrogen-bond acceptors (Lipinski definition) is 3. The van der Waals surface area contributed by atoms with Crippen molar-refractivity contribution in [3.05, 3.63) is 29.8 Å². The molecule has 0 saturated heterocycles. The third-order valence-corrected chi connectivity index (χ3v) is 3.92. The van der Waals surface area contributed by atoms with Crippen molar-refractivity contribution in [3.63, 3.8) is 0 Å². The molecule has 1 aromatic carbocycles. The highest BCUT2D eigenvalue weighted by molar-refractivity contribution is 5.94. The molecule has 0 radical (unpaired) electrons. The van der Waals surface area contributed by atoms with E-state index in [1.165, 1.54) is 32.1 Å². The van der Waals surface area contributed by atoms with Crippen LogP contribution in [0, 0.1) is 0 Å². The van der Waals surface area contributed by atoms with E-state index in [0.29, 0.717) is 11.3 Å². The number of carbonyl (C=O) groups excluding carboxylic acids is 2. The molecule has 22 heavy (non-hydrogen) atoms. The van der Waals surface area contributed by atoms with Gasteiger partial charge in [0, 0.05) is 11.6 Å². The lowest BCUT2D eigenvalue weighted by molar-refractivity contribution is -0.119. The van der Waals surface area contributed by atoms with Crippen LogP contribution in [0.2, 0.25) is 0 Å². The zero-order valence-corrected chi connectivity index (χ0v) is 12.8. The molecule has 1 aliphatic rings. The van der Waals surface area contributed by atoms with Crippen LogP contribution in [0.25, 0.3) is 0 Å². The fourth-order valence-electron chi connectivity index (χ4n) is 2.75. The number of primary amides is 1. The van der Waals surface area contributed by atoms with Crippen LogP contribution in [-0.4, -0.2) is 24.5 Å². The molecular formula is C17H24N2O3. The van der Waals surface area contributed by atoms with Gasteiger partial charge in [0.05, 0.1) is 0 Å². The third kappa shape index (κ3) is 5.39. The van der Waals surface area contributed by atoms with Gasteiger partial charge < -0.3 is 15.8 Å². The molecule has 0 bridgehead atoms. The van der Waals surface area contributed by atoms with E-state index in [4.69, 9.17) is 10.5 Å². The summed E-state index contributed by atoms with van der Waals surface area (Å²) in [5.74, 6) is -0.149. The molecule has 0 aromatic heterocycles. The number of hydrogen-bond donors (Lipinski definition) is 2. The van der Waals surface area contributed by atoms with Crippen LogP contribution in [0.5, 0.6) is 5.75 Å². The molecule has 1 fully saturated rings. The monoisotopic (exact) mass is 304 g/mol. The number of carbonyl (C=O) groups is 2. The Morgan fingerprint density at radius 1 is 1.14 bits per heavy atom. The number of nitrogens with one attached hydrogen (secondary N) is 1. The summed E-state index contributed by atoms with van der Waals surface area (Å²) in [5.41, 5.74) is 5.59. The zero-order chi connectivity index (χ0) is 15.8. The van der Waals surface area contributed by atoms with Gasteiger partial charge in [-0.2, -0.15) is 0 Å². The lowest BCUT2D eigenvalue weighted by Crippen LogP contribution is -2.35. The van der Waals surface area contributed by atoms with Crippen molar-refractivity contribution < 1.29 is 14.3 Å². The van der Waals surface area contributed by atoms with E-state index in [9.17, 15) is 9.59 Å². The van der Waals surface area contributed by atoms with Crippen molar-refractivity contribution in [3.8, 4) is 5.75 Å². The van der Waals surface area contributed by atoms with Crippen molar-refractivity contribution in [2.24, 2.45) is 5.73 Å². The maximum Gasteiger partial charge on any atom is 0.255 e. The lowest BCUT2D eigenvalue weighted by atomic mass is 9.96. The van der Waals surface area contributed by atoms with Gasteiger partial charge in [0.25, 0.3) is 11.8 Å². The van der Waals surface area contributed by atoms with Gasteiger partial charge in [-0.3, -0.25) is 9.59 Å². The summed E-state index contributed by atoms with van der Waals surface area (Å²) < 4.78 is 5.23. The smallest absolute Gasteiger partial charge is 0.255 e. The Balaban J connectivity index is 1.93. The summed E-state index contributed by atoms with van der Waals surface area (Å²) in [6.07, 6.45) is 8.25. The predicted octanol–water partition coefficient (Wildman–Crippen LogP) is 2.39. The molecule has 120 valence electrons. The number of benzene rings is 1. The summed E-state index contributed by atoms with van der Waals surface area (Å²) in [5, 5.41) is 3.11. The van der Waals surface area contributed by atoms with Crippen LogP contribution in [0.3, 0.4) is 0 Å². The van der Waals surface area contributed by atoms with Gasteiger partial charge in [-0.15, -0.1) is 0 Å². The van der Waals surface area contributed by atoms with Crippen molar-refractivity contribution in [1.29, 1.82) is 0 Å². The second-order valence-electron chi connectivity index (χ2n) is 5.80. The standard InChI is InChI=1S/C17H24N2O3/c18-16(20)12-22-15-10-6-7-13(11-15)17(21)19-14-8-4-2-1-3-5-9-14/h6-7,10-11,14H,1-5,8-9,12H2,(H2,18,20)(H,19,21). The first-order valence-corrected chi connectivity index (χ1v) is 7.97. The number of amides is 2. The van der Waals surface area contributed by atoms with Gasteiger partial charge in [0.1, 0.15) is 5.75 Å². The van der Waals surface area contributed by atoms with E-state index in [2.05, 4.69) is 5.32 Å². The maximum absolute atomic E-state index is 12.3. The predicted molar refractivity (Wildman–Crippen MR) is 84.7 cm³/mol. The van der Waals surface area contributed by atoms with E-state index in [1.807, 2.05) is 0 Å². The first kappa shape index (κ1) is 16.3. The molecule has 0 aliphatic heterocycles. The van der Waals surface area contributed by atoms with Gasteiger partial charge in [-0.1, -0.05) is 38.2 Å². The van der Waals surface area contributed by atoms with Crippen molar-refractivity contribution in [2.75, 3.05) is 6.61 Å². The van der Waals surface area contributed by atoms with Crippen molar-refractivity contribution in [2.45, 2.75) is 51.0 Å². The van der Waals surface area contributed by atoms with E-state index in [-0.39, 0.29) is 18.6 Å². The summed E-state index contributed by atoms with van der Waals surface area (Å²) in [6, 6.07) is 7.08. The first-order valence-electron chi connectivity index (χ1n) is 7.97. The Labute approximate surface area is 131 Å². The molecule has 2 amide bonds. The average molecular weight is 304 g/mol. The van der Waals surface area contributed by atoms with Crippen LogP contribution < -0.4 is 15.8 Å². The Morgan fingerprint density at radius 2 is 1.82 bits per heavy atom. The van der Waals surface area contributed by atoms with Crippen molar-refractivity contribution in [1.82, 2.24) is 5.32 Å². The molecule has 1 aliphatic carbocycles. The van der Waals surface area contributed by atoms with Crippen LogP contribution in [-0.2, 0) is 4.79 Å². The molecule has 0 unspecified atom stereocenters. The van der Waals surface area contributed by atoms with Crippen LogP contribution in [0.4, 0.5) is 0 Å². The van der Waals surface area contributed by atoms with Gasteiger partial charge in [0.15, 0.2) is 6.61 Å². The van der Waals surface area contributed by atoms with Gasteiger partial charge in [0.2, 0.25) is 0 Å². The SMILES string of the molecule is NC(=O)COc1cccc(C(=O)NC2CCCCCCC2)c1. The molecule has 0 heterocycles. The third-order valence-electron chi connectivity index (χ3n) is 3.92. The van der Waals surface area contributed by atoms with Gasteiger partial charge in [-0.05, 0) is 31.0 Å². The second-order valence-corrected chi connectivity index (χ2v) is 5.80. The highest BCUT2D eigenvalue weighted by atomic mass is 16.5. The first-order chi connectivity index (χ1) is 10.6. The Kier molecular flexibility index (Phi) is 6.25. The highest BCUT2D eigenvalue weighted by Crippen LogP contribution is 2.18. The fourth-order valence-corrected chi connectivity index (χ4v) is 2.75. The lowest BCUT2D eigenvalue weighted by Gasteiger charge is -2.21. The summed E-state index contributed by atoms with van der Waals surface area (Å²) in [7, 11) is 0. The molecule has 1 aromatic rings. The summed E-state index contributed by atoms with van der Waals surface area (Å²) in [4.78, 5) is 23.1. The molecule has 5 heteroatoms.